The van der Waals surface area contributed by atoms with Gasteiger partial charge in [0.1, 0.15) is 11.4 Å². The van der Waals surface area contributed by atoms with Crippen LogP contribution in [0.4, 0.5) is 17.2 Å². The van der Waals surface area contributed by atoms with Crippen LogP contribution in [0, 0.1) is 0 Å². The van der Waals surface area contributed by atoms with Gasteiger partial charge in [0.05, 0.1) is 0 Å². The second-order valence-corrected chi connectivity index (χ2v) is 3.96. The highest BCUT2D eigenvalue weighted by Crippen LogP contribution is 2.31. The molecule has 0 unspecified atom stereocenters. The summed E-state index contributed by atoms with van der Waals surface area (Å²) in [4.78, 5) is 5.92. The molecule has 0 amide bonds. The van der Waals surface area contributed by atoms with E-state index in [9.17, 15) is 5.11 Å². The van der Waals surface area contributed by atoms with Crippen molar-refractivity contribution in [3.8, 4) is 5.75 Å². The smallest absolute Gasteiger partial charge is 0.174 e. The van der Waals surface area contributed by atoms with E-state index in [-0.39, 0.29) is 18.2 Å². The highest BCUT2D eigenvalue weighted by molar-refractivity contribution is 5.85. The topological polar surface area (TPSA) is 61.1 Å². The maximum absolute atomic E-state index is 9.82. The van der Waals surface area contributed by atoms with Crippen molar-refractivity contribution in [2.45, 2.75) is 0 Å². The Morgan fingerprint density at radius 2 is 1.89 bits per heavy atom. The highest BCUT2D eigenvalue weighted by atomic mass is 35.5. The summed E-state index contributed by atoms with van der Waals surface area (Å²) in [7, 11) is 3.81. The molecule has 2 rings (SSSR count). The normalized spacial score (nSPS) is 10.2. The van der Waals surface area contributed by atoms with Gasteiger partial charge >= 0.3 is 0 Å². The maximum atomic E-state index is 9.82. The molecule has 1 aromatic carbocycles. The van der Waals surface area contributed by atoms with E-state index in [4.69, 9.17) is 0 Å². The second kappa shape index (κ2) is 6.70. The van der Waals surface area contributed by atoms with Crippen molar-refractivity contribution in [1.82, 2.24) is 4.98 Å². The molecular formula is C13H15ClN4O. The predicted octanol–water partition coefficient (Wildman–Crippen LogP) is 3.69. The molecule has 100 valence electrons. The molecule has 19 heavy (non-hydrogen) atoms. The van der Waals surface area contributed by atoms with Crippen LogP contribution in [-0.2, 0) is 0 Å². The summed E-state index contributed by atoms with van der Waals surface area (Å²) in [5, 5.41) is 17.7. The Bertz CT molecular complexity index is 558. The van der Waals surface area contributed by atoms with Crippen molar-refractivity contribution in [3.05, 3.63) is 42.6 Å². The molecule has 6 heteroatoms. The van der Waals surface area contributed by atoms with Crippen molar-refractivity contribution < 1.29 is 5.11 Å². The molecule has 5 nitrogen and oxygen atoms in total. The number of benzene rings is 1. The van der Waals surface area contributed by atoms with Crippen LogP contribution < -0.4 is 4.90 Å². The van der Waals surface area contributed by atoms with Gasteiger partial charge in [-0.15, -0.1) is 22.6 Å². The Hall–Kier alpha value is -2.14. The first-order chi connectivity index (χ1) is 8.66. The number of hydrogen-bond donors (Lipinski definition) is 1. The van der Waals surface area contributed by atoms with E-state index in [1.807, 2.05) is 37.2 Å². The van der Waals surface area contributed by atoms with E-state index < -0.39 is 0 Å². The molecule has 0 aliphatic carbocycles. The first-order valence-electron chi connectivity index (χ1n) is 5.50. The summed E-state index contributed by atoms with van der Waals surface area (Å²) in [5.74, 6) is 0.606. The van der Waals surface area contributed by atoms with Crippen molar-refractivity contribution in [2.24, 2.45) is 10.2 Å². The lowest BCUT2D eigenvalue weighted by Crippen LogP contribution is -2.07. The largest absolute Gasteiger partial charge is 0.506 e. The number of azo groups is 1. The quantitative estimate of drug-likeness (QED) is 0.871. The minimum absolute atomic E-state index is 0. The van der Waals surface area contributed by atoms with Crippen molar-refractivity contribution >= 4 is 29.6 Å². The van der Waals surface area contributed by atoms with Gasteiger partial charge in [-0.2, -0.15) is 0 Å². The molecule has 0 radical (unpaired) electrons. The number of rotatable bonds is 3. The fraction of sp³-hybridized carbons (Fsp3) is 0.154. The molecule has 0 spiro atoms. The van der Waals surface area contributed by atoms with Crippen LogP contribution in [0.2, 0.25) is 0 Å². The Balaban J connectivity index is 0.00000180. The van der Waals surface area contributed by atoms with Gasteiger partial charge in [0.2, 0.25) is 0 Å². The first-order valence-corrected chi connectivity index (χ1v) is 5.50. The van der Waals surface area contributed by atoms with E-state index in [0.29, 0.717) is 11.5 Å². The second-order valence-electron chi connectivity index (χ2n) is 3.96. The SMILES string of the molecule is CN(C)c1ccc(N=Nc2ccccn2)c(O)c1.Cl. The van der Waals surface area contributed by atoms with Crippen LogP contribution in [0.15, 0.2) is 52.8 Å². The summed E-state index contributed by atoms with van der Waals surface area (Å²) in [6.45, 7) is 0. The number of phenols is 1. The van der Waals surface area contributed by atoms with Crippen molar-refractivity contribution in [1.29, 1.82) is 0 Å². The van der Waals surface area contributed by atoms with Gasteiger partial charge in [-0.1, -0.05) is 6.07 Å². The predicted molar refractivity (Wildman–Crippen MR) is 78.1 cm³/mol. The van der Waals surface area contributed by atoms with E-state index in [0.717, 1.165) is 5.69 Å². The third-order valence-electron chi connectivity index (χ3n) is 2.38. The molecule has 0 saturated carbocycles. The van der Waals surface area contributed by atoms with Gasteiger partial charge in [0, 0.05) is 32.0 Å². The van der Waals surface area contributed by atoms with Crippen LogP contribution in [0.1, 0.15) is 0 Å². The molecule has 1 heterocycles. The lowest BCUT2D eigenvalue weighted by molar-refractivity contribution is 0.476. The standard InChI is InChI=1S/C13H14N4O.ClH/c1-17(2)10-6-7-11(12(18)9-10)15-16-13-5-3-4-8-14-13;/h3-9,18H,1-2H3;1H. The number of anilines is 1. The molecular weight excluding hydrogens is 264 g/mol. The van der Waals surface area contributed by atoms with E-state index in [1.165, 1.54) is 0 Å². The Morgan fingerprint density at radius 1 is 1.11 bits per heavy atom. The van der Waals surface area contributed by atoms with Gasteiger partial charge in [-0.25, -0.2) is 4.98 Å². The Kier molecular flexibility index (Phi) is 5.26. The molecule has 2 aromatic rings. The van der Waals surface area contributed by atoms with Gasteiger partial charge in [0.25, 0.3) is 0 Å². The van der Waals surface area contributed by atoms with Gasteiger partial charge < -0.3 is 10.0 Å². The van der Waals surface area contributed by atoms with Crippen LogP contribution in [0.25, 0.3) is 0 Å². The fourth-order valence-corrected chi connectivity index (χ4v) is 1.39. The summed E-state index contributed by atoms with van der Waals surface area (Å²) in [5.41, 5.74) is 1.33. The molecule has 0 bridgehead atoms. The maximum Gasteiger partial charge on any atom is 0.174 e. The molecule has 1 aromatic heterocycles. The summed E-state index contributed by atoms with van der Waals surface area (Å²) < 4.78 is 0. The van der Waals surface area contributed by atoms with Gasteiger partial charge in [-0.3, -0.25) is 0 Å². The molecule has 0 aliphatic heterocycles. The molecule has 1 N–H and O–H groups in total. The lowest BCUT2D eigenvalue weighted by Gasteiger charge is -2.12. The third kappa shape index (κ3) is 3.93. The van der Waals surface area contributed by atoms with Crippen LogP contribution in [-0.4, -0.2) is 24.2 Å². The number of aromatic hydroxyl groups is 1. The highest BCUT2D eigenvalue weighted by Gasteiger charge is 2.03. The van der Waals surface area contributed by atoms with E-state index >= 15 is 0 Å². The molecule has 0 atom stereocenters. The number of aromatic nitrogens is 1. The first kappa shape index (κ1) is 14.9. The van der Waals surface area contributed by atoms with Crippen LogP contribution in [0.3, 0.4) is 0 Å². The molecule has 0 fully saturated rings. The zero-order valence-corrected chi connectivity index (χ0v) is 11.5. The van der Waals surface area contributed by atoms with Crippen molar-refractivity contribution in [2.75, 3.05) is 19.0 Å². The monoisotopic (exact) mass is 278 g/mol. The zero-order chi connectivity index (χ0) is 13.0. The van der Waals surface area contributed by atoms with E-state index in [2.05, 4.69) is 15.2 Å². The zero-order valence-electron chi connectivity index (χ0n) is 10.7. The lowest BCUT2D eigenvalue weighted by atomic mass is 10.2. The number of hydrogen-bond acceptors (Lipinski definition) is 5. The van der Waals surface area contributed by atoms with Crippen LogP contribution >= 0.6 is 12.4 Å². The minimum Gasteiger partial charge on any atom is -0.506 e. The Labute approximate surface area is 118 Å². The molecule has 0 aliphatic rings. The Morgan fingerprint density at radius 3 is 2.47 bits per heavy atom. The average molecular weight is 279 g/mol. The summed E-state index contributed by atoms with van der Waals surface area (Å²) >= 11 is 0. The van der Waals surface area contributed by atoms with Gasteiger partial charge in [0.15, 0.2) is 5.82 Å². The fourth-order valence-electron chi connectivity index (χ4n) is 1.39. The number of pyridine rings is 1. The number of nitrogens with zero attached hydrogens (tertiary/aromatic N) is 4. The number of halogens is 1. The molecule has 0 saturated heterocycles. The minimum atomic E-state index is 0. The van der Waals surface area contributed by atoms with Crippen molar-refractivity contribution in [3.63, 3.8) is 0 Å². The summed E-state index contributed by atoms with van der Waals surface area (Å²) in [6.07, 6.45) is 1.64. The van der Waals surface area contributed by atoms with E-state index in [1.54, 1.807) is 24.4 Å². The third-order valence-corrected chi connectivity index (χ3v) is 2.38. The van der Waals surface area contributed by atoms with Gasteiger partial charge in [-0.05, 0) is 24.3 Å². The van der Waals surface area contributed by atoms with Crippen LogP contribution in [0.5, 0.6) is 5.75 Å². The number of phenolic OH excluding ortho intramolecular Hbond substituents is 1. The average Bonchev–Trinajstić information content (AvgIpc) is 2.38. The summed E-state index contributed by atoms with van der Waals surface area (Å²) in [6, 6.07) is 10.6.